The molecule has 0 amide bonds. The summed E-state index contributed by atoms with van der Waals surface area (Å²) in [5.74, 6) is -1.27. The maximum Gasteiger partial charge on any atom is 0.337 e. The van der Waals surface area contributed by atoms with E-state index in [2.05, 4.69) is 4.98 Å². The Morgan fingerprint density at radius 1 is 1.38 bits per heavy atom. The smallest absolute Gasteiger partial charge is 0.337 e. The first kappa shape index (κ1) is 15.6. The monoisotopic (exact) mass is 326 g/mol. The molecule has 0 aliphatic heterocycles. The van der Waals surface area contributed by atoms with E-state index in [9.17, 15) is 13.2 Å². The minimum absolute atomic E-state index is 0.155. The number of aryl methyl sites for hydroxylation is 1. The van der Waals surface area contributed by atoms with Gasteiger partial charge in [-0.3, -0.25) is 0 Å². The number of aromatic nitrogens is 1. The molecule has 6 nitrogen and oxygen atoms in total. The van der Waals surface area contributed by atoms with Crippen LogP contribution in [0.1, 0.15) is 20.2 Å². The lowest BCUT2D eigenvalue weighted by Gasteiger charge is -2.17. The van der Waals surface area contributed by atoms with Crippen molar-refractivity contribution in [2.75, 3.05) is 7.05 Å². The van der Waals surface area contributed by atoms with E-state index in [0.717, 1.165) is 14.2 Å². The lowest BCUT2D eigenvalue weighted by Crippen LogP contribution is -2.27. The van der Waals surface area contributed by atoms with E-state index in [-0.39, 0.29) is 17.0 Å². The summed E-state index contributed by atoms with van der Waals surface area (Å²) < 4.78 is 26.2. The first-order valence-corrected chi connectivity index (χ1v) is 8.28. The molecular formula is C13H14N2O4S2. The average molecular weight is 326 g/mol. The summed E-state index contributed by atoms with van der Waals surface area (Å²) >= 11 is 1.40. The Bertz CT molecular complexity index is 768. The van der Waals surface area contributed by atoms with Crippen molar-refractivity contribution in [2.24, 2.45) is 0 Å². The fourth-order valence-corrected chi connectivity index (χ4v) is 4.08. The fourth-order valence-electron chi connectivity index (χ4n) is 1.82. The predicted molar refractivity (Wildman–Crippen MR) is 78.9 cm³/mol. The molecular weight excluding hydrogens is 312 g/mol. The first-order valence-electron chi connectivity index (χ1n) is 6.02. The summed E-state index contributed by atoms with van der Waals surface area (Å²) in [4.78, 5) is 15.8. The van der Waals surface area contributed by atoms with E-state index in [1.54, 1.807) is 6.20 Å². The average Bonchev–Trinajstić information content (AvgIpc) is 2.84. The number of aromatic carboxylic acids is 1. The van der Waals surface area contributed by atoms with Gasteiger partial charge in [-0.1, -0.05) is 12.1 Å². The van der Waals surface area contributed by atoms with Gasteiger partial charge in [0, 0.05) is 24.7 Å². The molecule has 0 fully saturated rings. The lowest BCUT2D eigenvalue weighted by molar-refractivity contribution is 0.0692. The fraction of sp³-hybridized carbons (Fsp3) is 0.231. The Morgan fingerprint density at radius 3 is 2.62 bits per heavy atom. The summed E-state index contributed by atoms with van der Waals surface area (Å²) in [5, 5.41) is 9.96. The molecule has 0 saturated carbocycles. The van der Waals surface area contributed by atoms with Gasteiger partial charge < -0.3 is 5.11 Å². The highest BCUT2D eigenvalue weighted by molar-refractivity contribution is 7.89. The number of nitrogens with zero attached hydrogens (tertiary/aromatic N) is 2. The van der Waals surface area contributed by atoms with E-state index < -0.39 is 16.0 Å². The second kappa shape index (κ2) is 5.92. The Labute approximate surface area is 126 Å². The Morgan fingerprint density at radius 2 is 2.05 bits per heavy atom. The van der Waals surface area contributed by atoms with E-state index >= 15 is 0 Å². The number of thiazole rings is 1. The van der Waals surface area contributed by atoms with Crippen LogP contribution in [0.2, 0.25) is 0 Å². The van der Waals surface area contributed by atoms with Crippen molar-refractivity contribution in [1.82, 2.24) is 9.29 Å². The maximum atomic E-state index is 12.5. The molecule has 1 heterocycles. The van der Waals surface area contributed by atoms with E-state index in [1.807, 2.05) is 6.92 Å². The van der Waals surface area contributed by atoms with Gasteiger partial charge in [-0.25, -0.2) is 18.2 Å². The van der Waals surface area contributed by atoms with Crippen LogP contribution >= 0.6 is 11.3 Å². The molecule has 1 aromatic carbocycles. The van der Waals surface area contributed by atoms with Crippen LogP contribution in [0, 0.1) is 6.92 Å². The summed E-state index contributed by atoms with van der Waals surface area (Å²) in [6.07, 6.45) is 1.62. The van der Waals surface area contributed by atoms with E-state index in [1.165, 1.54) is 42.6 Å². The number of hydrogen-bond donors (Lipinski definition) is 1. The molecule has 0 spiro atoms. The molecule has 112 valence electrons. The van der Waals surface area contributed by atoms with Gasteiger partial charge in [0.05, 0.1) is 15.5 Å². The highest BCUT2D eigenvalue weighted by atomic mass is 32.2. The van der Waals surface area contributed by atoms with E-state index in [4.69, 9.17) is 5.11 Å². The number of rotatable bonds is 5. The Balaban J connectivity index is 2.35. The van der Waals surface area contributed by atoms with Crippen LogP contribution < -0.4 is 0 Å². The summed E-state index contributed by atoms with van der Waals surface area (Å²) in [6.45, 7) is 1.99. The van der Waals surface area contributed by atoms with Crippen LogP contribution in [-0.2, 0) is 16.6 Å². The van der Waals surface area contributed by atoms with Crippen molar-refractivity contribution in [3.05, 3.63) is 45.9 Å². The largest absolute Gasteiger partial charge is 0.478 e. The molecule has 0 radical (unpaired) electrons. The molecule has 2 rings (SSSR count). The van der Waals surface area contributed by atoms with Crippen LogP contribution in [0.25, 0.3) is 0 Å². The minimum atomic E-state index is -3.87. The molecule has 0 bridgehead atoms. The second-order valence-electron chi connectivity index (χ2n) is 4.41. The van der Waals surface area contributed by atoms with Crippen molar-refractivity contribution in [1.29, 1.82) is 0 Å². The number of benzene rings is 1. The summed E-state index contributed by atoms with van der Waals surface area (Å²) in [7, 11) is -2.45. The topological polar surface area (TPSA) is 87.6 Å². The molecule has 0 saturated heterocycles. The van der Waals surface area contributed by atoms with Crippen molar-refractivity contribution < 1.29 is 18.3 Å². The van der Waals surface area contributed by atoms with Crippen molar-refractivity contribution in [2.45, 2.75) is 18.4 Å². The Hall–Kier alpha value is -1.77. The van der Waals surface area contributed by atoms with Crippen LogP contribution in [0.3, 0.4) is 0 Å². The number of carboxylic acids is 1. The van der Waals surface area contributed by atoms with Gasteiger partial charge >= 0.3 is 5.97 Å². The van der Waals surface area contributed by atoms with Gasteiger partial charge in [-0.05, 0) is 19.1 Å². The third-order valence-electron chi connectivity index (χ3n) is 2.85. The third-order valence-corrected chi connectivity index (χ3v) is 5.61. The molecule has 0 aliphatic rings. The van der Waals surface area contributed by atoms with Crippen LogP contribution in [-0.4, -0.2) is 35.8 Å². The summed E-state index contributed by atoms with van der Waals surface area (Å²) in [5.41, 5.74) is -0.232. The quantitative estimate of drug-likeness (QED) is 0.907. The zero-order chi connectivity index (χ0) is 15.6. The van der Waals surface area contributed by atoms with Crippen molar-refractivity contribution in [3.63, 3.8) is 0 Å². The predicted octanol–water partition coefficient (Wildman–Crippen LogP) is 1.97. The first-order chi connectivity index (χ1) is 9.82. The molecule has 1 N–H and O–H groups in total. The van der Waals surface area contributed by atoms with Crippen molar-refractivity contribution >= 4 is 27.3 Å². The van der Waals surface area contributed by atoms with Gasteiger partial charge in [-0.2, -0.15) is 4.31 Å². The van der Waals surface area contributed by atoms with Gasteiger partial charge in [-0.15, -0.1) is 11.3 Å². The highest BCUT2D eigenvalue weighted by Gasteiger charge is 2.26. The molecule has 0 unspecified atom stereocenters. The molecule has 8 heteroatoms. The van der Waals surface area contributed by atoms with Crippen LogP contribution in [0.15, 0.2) is 35.4 Å². The lowest BCUT2D eigenvalue weighted by atomic mass is 10.2. The van der Waals surface area contributed by atoms with Gasteiger partial charge in [0.2, 0.25) is 10.0 Å². The zero-order valence-electron chi connectivity index (χ0n) is 11.5. The molecule has 1 aromatic heterocycles. The van der Waals surface area contributed by atoms with Gasteiger partial charge in [0.15, 0.2) is 0 Å². The SMILES string of the molecule is Cc1ncc(CN(C)S(=O)(=O)c2ccccc2C(=O)O)s1. The molecule has 2 aromatic rings. The van der Waals surface area contributed by atoms with Gasteiger partial charge in [0.25, 0.3) is 0 Å². The van der Waals surface area contributed by atoms with Crippen molar-refractivity contribution in [3.8, 4) is 0 Å². The Kier molecular flexibility index (Phi) is 4.40. The molecule has 0 aliphatic carbocycles. The zero-order valence-corrected chi connectivity index (χ0v) is 13.1. The highest BCUT2D eigenvalue weighted by Crippen LogP contribution is 2.22. The van der Waals surface area contributed by atoms with Crippen LogP contribution in [0.4, 0.5) is 0 Å². The number of hydrogen-bond acceptors (Lipinski definition) is 5. The maximum absolute atomic E-state index is 12.5. The molecule has 0 atom stereocenters. The standard InChI is InChI=1S/C13H14N2O4S2/c1-9-14-7-10(20-9)8-15(2)21(18,19)12-6-4-3-5-11(12)13(16)17/h3-7H,8H2,1-2H3,(H,16,17). The summed E-state index contributed by atoms with van der Waals surface area (Å²) in [6, 6.07) is 5.58. The number of carbonyl (C=O) groups is 1. The van der Waals surface area contributed by atoms with E-state index in [0.29, 0.717) is 0 Å². The van der Waals surface area contributed by atoms with Gasteiger partial charge in [0.1, 0.15) is 0 Å². The minimum Gasteiger partial charge on any atom is -0.478 e. The van der Waals surface area contributed by atoms with Crippen LogP contribution in [0.5, 0.6) is 0 Å². The normalized spacial score (nSPS) is 11.8. The molecule has 21 heavy (non-hydrogen) atoms. The third kappa shape index (κ3) is 3.29. The second-order valence-corrected chi connectivity index (χ2v) is 7.74. The number of sulfonamides is 1. The number of carboxylic acid groups (broad SMARTS) is 1.